The van der Waals surface area contributed by atoms with Crippen molar-refractivity contribution in [3.63, 3.8) is 0 Å². The Labute approximate surface area is 341 Å². The molecule has 2 unspecified atom stereocenters. The van der Waals surface area contributed by atoms with Gasteiger partial charge < -0.3 is 9.32 Å². The van der Waals surface area contributed by atoms with E-state index >= 15 is 0 Å². The molecule has 0 radical (unpaired) electrons. The summed E-state index contributed by atoms with van der Waals surface area (Å²) in [5.41, 5.74) is 19.6. The van der Waals surface area contributed by atoms with Gasteiger partial charge in [0.25, 0.3) is 6.71 Å². The molecule has 1 aliphatic carbocycles. The summed E-state index contributed by atoms with van der Waals surface area (Å²) < 4.78 is 7.41. The third-order valence-electron chi connectivity index (χ3n) is 14.7. The van der Waals surface area contributed by atoms with E-state index in [1.165, 1.54) is 97.9 Å². The third-order valence-corrected chi connectivity index (χ3v) is 14.7. The maximum absolute atomic E-state index is 7.41. The highest BCUT2D eigenvalue weighted by atomic mass is 16.4. The van der Waals surface area contributed by atoms with Crippen molar-refractivity contribution in [2.75, 3.05) is 9.80 Å². The number of aryl methyl sites for hydroxylation is 1. The standard InChI is InChI=1S/C53H59BN2O/c1-32-26-42-46-43(27-32)56-47-39(52(11)24-16-17-25-53(52,56)12)29-36(51(8,9)10)30-40(47)54(46)45-37-22-20-35(50(5,6)7)31-44(37)57-48(45)55(42)41-23-21-34(49(2,3)4)28-38(41)33-18-14-13-15-19-33/h13-15,18-23,26-31H,16-17,24-25H2,1-12H3. The molecule has 4 aliphatic rings. The van der Waals surface area contributed by atoms with Crippen LogP contribution in [0.5, 0.6) is 0 Å². The van der Waals surface area contributed by atoms with E-state index in [2.05, 4.69) is 184 Å². The minimum Gasteiger partial charge on any atom is -0.440 e. The van der Waals surface area contributed by atoms with Gasteiger partial charge in [-0.05, 0) is 118 Å². The lowest BCUT2D eigenvalue weighted by molar-refractivity contribution is 0.195. The summed E-state index contributed by atoms with van der Waals surface area (Å²) in [4.78, 5) is 5.37. The van der Waals surface area contributed by atoms with Crippen LogP contribution in [0.3, 0.4) is 0 Å². The second kappa shape index (κ2) is 11.7. The monoisotopic (exact) mass is 750 g/mol. The van der Waals surface area contributed by atoms with Gasteiger partial charge in [-0.3, -0.25) is 4.90 Å². The van der Waals surface area contributed by atoms with Gasteiger partial charge in [-0.25, -0.2) is 0 Å². The third kappa shape index (κ3) is 5.04. The van der Waals surface area contributed by atoms with Crippen molar-refractivity contribution in [1.82, 2.24) is 0 Å². The molecular weight excluding hydrogens is 691 g/mol. The van der Waals surface area contributed by atoms with E-state index in [9.17, 15) is 0 Å². The molecule has 0 saturated heterocycles. The zero-order valence-electron chi connectivity index (χ0n) is 36.4. The van der Waals surface area contributed by atoms with Crippen molar-refractivity contribution in [1.29, 1.82) is 0 Å². The van der Waals surface area contributed by atoms with Gasteiger partial charge in [-0.15, -0.1) is 0 Å². The van der Waals surface area contributed by atoms with Gasteiger partial charge in [0.05, 0.1) is 11.2 Å². The Morgan fingerprint density at radius 1 is 0.632 bits per heavy atom. The molecule has 2 atom stereocenters. The smallest absolute Gasteiger partial charge is 0.257 e. The van der Waals surface area contributed by atoms with Crippen LogP contribution in [0.15, 0.2) is 95.4 Å². The van der Waals surface area contributed by atoms with Gasteiger partial charge in [-0.1, -0.05) is 143 Å². The second-order valence-corrected chi connectivity index (χ2v) is 21.5. The summed E-state index contributed by atoms with van der Waals surface area (Å²) in [6.07, 6.45) is 4.92. The average molecular weight is 751 g/mol. The number of rotatable bonds is 2. The van der Waals surface area contributed by atoms with Crippen LogP contribution in [-0.2, 0) is 21.7 Å². The van der Waals surface area contributed by atoms with Crippen molar-refractivity contribution in [2.45, 2.75) is 136 Å². The summed E-state index contributed by atoms with van der Waals surface area (Å²) in [6, 6.07) is 35.4. The number of hydrogen-bond acceptors (Lipinski definition) is 3. The van der Waals surface area contributed by atoms with E-state index in [0.717, 1.165) is 17.2 Å². The zero-order valence-corrected chi connectivity index (χ0v) is 36.4. The molecule has 10 rings (SSSR count). The Morgan fingerprint density at radius 2 is 1.28 bits per heavy atom. The van der Waals surface area contributed by atoms with Gasteiger partial charge in [0.1, 0.15) is 5.58 Å². The highest BCUT2D eigenvalue weighted by molar-refractivity contribution is 7.01. The number of anilines is 5. The number of nitrogens with zero attached hydrogens (tertiary/aromatic N) is 2. The van der Waals surface area contributed by atoms with Crippen LogP contribution in [-0.4, -0.2) is 12.3 Å². The fourth-order valence-corrected chi connectivity index (χ4v) is 11.2. The SMILES string of the molecule is Cc1cc2c3c(c1)N1c4c(cc(C(C)(C)C)cc4C4(C)CCCCC14C)B3c1c(oc3cc(C(C)(C)C)ccc13)N2c1ccc(C(C)(C)C)cc1-c1ccccc1. The molecule has 4 heteroatoms. The highest BCUT2D eigenvalue weighted by Crippen LogP contribution is 2.62. The van der Waals surface area contributed by atoms with Crippen LogP contribution in [0.2, 0.25) is 0 Å². The molecule has 290 valence electrons. The fourth-order valence-electron chi connectivity index (χ4n) is 11.2. The molecule has 0 N–H and O–H groups in total. The summed E-state index contributed by atoms with van der Waals surface area (Å²) >= 11 is 0. The Balaban J connectivity index is 1.36. The molecule has 57 heavy (non-hydrogen) atoms. The predicted octanol–water partition coefficient (Wildman–Crippen LogP) is 12.7. The van der Waals surface area contributed by atoms with Gasteiger partial charge in [0.15, 0.2) is 0 Å². The highest BCUT2D eigenvalue weighted by Gasteiger charge is 2.62. The van der Waals surface area contributed by atoms with Crippen LogP contribution in [0.4, 0.5) is 28.6 Å². The molecule has 4 heterocycles. The normalized spacial score (nSPS) is 21.1. The minimum atomic E-state index is -0.0416. The zero-order chi connectivity index (χ0) is 40.2. The summed E-state index contributed by atoms with van der Waals surface area (Å²) in [6.45, 7) is 28.5. The first-order chi connectivity index (χ1) is 26.8. The second-order valence-electron chi connectivity index (χ2n) is 21.5. The number of furan rings is 1. The Bertz CT molecular complexity index is 2650. The molecule has 0 bridgehead atoms. The van der Waals surface area contributed by atoms with E-state index < -0.39 is 0 Å². The molecule has 5 aromatic carbocycles. The fraction of sp³-hybridized carbons (Fsp3) is 0.396. The summed E-state index contributed by atoms with van der Waals surface area (Å²) in [5, 5.41) is 1.22. The van der Waals surface area contributed by atoms with Crippen LogP contribution in [0.25, 0.3) is 22.1 Å². The molecule has 0 amide bonds. The summed E-state index contributed by atoms with van der Waals surface area (Å²) in [7, 11) is 0. The molecule has 0 spiro atoms. The maximum Gasteiger partial charge on any atom is 0.257 e. The van der Waals surface area contributed by atoms with E-state index in [1.807, 2.05) is 0 Å². The Kier molecular flexibility index (Phi) is 7.52. The van der Waals surface area contributed by atoms with Crippen molar-refractivity contribution in [3.05, 3.63) is 119 Å². The molecule has 3 nitrogen and oxygen atoms in total. The number of benzene rings is 5. The van der Waals surface area contributed by atoms with Gasteiger partial charge in [0.2, 0.25) is 5.88 Å². The van der Waals surface area contributed by atoms with Crippen molar-refractivity contribution in [2.24, 2.45) is 0 Å². The quantitative estimate of drug-likeness (QED) is 0.164. The van der Waals surface area contributed by atoms with Crippen LogP contribution in [0.1, 0.15) is 130 Å². The molecule has 1 aromatic heterocycles. The predicted molar refractivity (Wildman–Crippen MR) is 245 cm³/mol. The topological polar surface area (TPSA) is 19.6 Å². The first-order valence-corrected chi connectivity index (χ1v) is 21.5. The summed E-state index contributed by atoms with van der Waals surface area (Å²) in [5.74, 6) is 0.946. The Hall–Kier alpha value is -4.70. The number of hydrogen-bond donors (Lipinski definition) is 0. The van der Waals surface area contributed by atoms with Gasteiger partial charge >= 0.3 is 0 Å². The maximum atomic E-state index is 7.41. The van der Waals surface area contributed by atoms with Crippen LogP contribution < -0.4 is 26.2 Å². The number of fused-ring (bicyclic) bond motifs is 9. The van der Waals surface area contributed by atoms with Crippen molar-refractivity contribution >= 4 is 62.7 Å². The lowest BCUT2D eigenvalue weighted by atomic mass is 9.33. The van der Waals surface area contributed by atoms with E-state index in [4.69, 9.17) is 4.42 Å². The lowest BCUT2D eigenvalue weighted by Gasteiger charge is -2.52. The first-order valence-electron chi connectivity index (χ1n) is 21.5. The van der Waals surface area contributed by atoms with Crippen molar-refractivity contribution in [3.8, 4) is 11.1 Å². The molecular formula is C53H59BN2O. The molecule has 1 fully saturated rings. The average Bonchev–Trinajstić information content (AvgIpc) is 3.62. The van der Waals surface area contributed by atoms with Crippen LogP contribution >= 0.6 is 0 Å². The van der Waals surface area contributed by atoms with Crippen LogP contribution in [0, 0.1) is 6.92 Å². The molecule has 1 saturated carbocycles. The first kappa shape index (κ1) is 36.6. The van der Waals surface area contributed by atoms with E-state index in [0.29, 0.717) is 0 Å². The van der Waals surface area contributed by atoms with Gasteiger partial charge in [0, 0.05) is 38.9 Å². The lowest BCUT2D eigenvalue weighted by Crippen LogP contribution is -2.64. The van der Waals surface area contributed by atoms with Crippen molar-refractivity contribution < 1.29 is 4.42 Å². The largest absolute Gasteiger partial charge is 0.440 e. The minimum absolute atomic E-state index is 0.000245. The Morgan fingerprint density at radius 3 is 1.98 bits per heavy atom. The molecule has 3 aliphatic heterocycles. The van der Waals surface area contributed by atoms with Gasteiger partial charge in [-0.2, -0.15) is 0 Å². The van der Waals surface area contributed by atoms with E-state index in [-0.39, 0.29) is 33.9 Å². The molecule has 6 aromatic rings. The van der Waals surface area contributed by atoms with E-state index in [1.54, 1.807) is 5.56 Å².